The van der Waals surface area contributed by atoms with Crippen LogP contribution >= 0.6 is 10.7 Å². The molecule has 1 aliphatic carbocycles. The van der Waals surface area contributed by atoms with E-state index in [4.69, 9.17) is 10.7 Å². The summed E-state index contributed by atoms with van der Waals surface area (Å²) in [6, 6.07) is 1.16. The molecule has 0 heterocycles. The van der Waals surface area contributed by atoms with Gasteiger partial charge < -0.3 is 5.32 Å². The van der Waals surface area contributed by atoms with E-state index in [0.717, 1.165) is 12.8 Å². The Labute approximate surface area is 119 Å². The summed E-state index contributed by atoms with van der Waals surface area (Å²) < 4.78 is 49.5. The standard InChI is InChI=1S/C12H12ClF2NO3S/c13-20(18,19)8-5-9(14)11(10(15)6-8)16-12(17)7-3-1-2-4-7/h5-7H,1-4H2,(H,16,17). The average Bonchev–Trinajstić information content (AvgIpc) is 2.85. The molecule has 0 bridgehead atoms. The second kappa shape index (κ2) is 5.65. The van der Waals surface area contributed by atoms with Crippen molar-refractivity contribution in [3.8, 4) is 0 Å². The van der Waals surface area contributed by atoms with Crippen LogP contribution in [0, 0.1) is 17.6 Å². The lowest BCUT2D eigenvalue weighted by Gasteiger charge is -2.12. The van der Waals surface area contributed by atoms with E-state index < -0.39 is 37.2 Å². The maximum absolute atomic E-state index is 13.7. The van der Waals surface area contributed by atoms with Gasteiger partial charge in [-0.15, -0.1) is 0 Å². The van der Waals surface area contributed by atoms with Gasteiger partial charge in [-0.1, -0.05) is 12.8 Å². The molecule has 1 saturated carbocycles. The monoisotopic (exact) mass is 323 g/mol. The van der Waals surface area contributed by atoms with Crippen molar-refractivity contribution in [2.75, 3.05) is 5.32 Å². The normalized spacial score (nSPS) is 16.4. The molecular formula is C12H12ClF2NO3S. The average molecular weight is 324 g/mol. The number of nitrogens with one attached hydrogen (secondary N) is 1. The number of hydrogen-bond donors (Lipinski definition) is 1. The van der Waals surface area contributed by atoms with Gasteiger partial charge in [-0.2, -0.15) is 0 Å². The van der Waals surface area contributed by atoms with E-state index in [2.05, 4.69) is 5.32 Å². The van der Waals surface area contributed by atoms with Gasteiger partial charge in [0.05, 0.1) is 4.90 Å². The maximum atomic E-state index is 13.7. The number of benzene rings is 1. The van der Waals surface area contributed by atoms with Crippen molar-refractivity contribution in [3.05, 3.63) is 23.8 Å². The van der Waals surface area contributed by atoms with Crippen molar-refractivity contribution in [3.63, 3.8) is 0 Å². The molecule has 110 valence electrons. The van der Waals surface area contributed by atoms with Crippen LogP contribution in [-0.2, 0) is 13.8 Å². The topological polar surface area (TPSA) is 63.2 Å². The third kappa shape index (κ3) is 3.27. The SMILES string of the molecule is O=C(Nc1c(F)cc(S(=O)(=O)Cl)cc1F)C1CCCC1. The highest BCUT2D eigenvalue weighted by Crippen LogP contribution is 2.29. The number of carbonyl (C=O) groups excluding carboxylic acids is 1. The smallest absolute Gasteiger partial charge is 0.261 e. The Morgan fingerprint density at radius 3 is 2.15 bits per heavy atom. The zero-order valence-corrected chi connectivity index (χ0v) is 11.9. The minimum atomic E-state index is -4.23. The molecule has 0 unspecified atom stereocenters. The minimum absolute atomic E-state index is 0.259. The Kier molecular flexibility index (Phi) is 4.29. The largest absolute Gasteiger partial charge is 0.321 e. The second-order valence-electron chi connectivity index (χ2n) is 4.67. The van der Waals surface area contributed by atoms with Gasteiger partial charge in [0.1, 0.15) is 5.69 Å². The molecule has 0 aromatic heterocycles. The fourth-order valence-corrected chi connectivity index (χ4v) is 2.98. The second-order valence-corrected chi connectivity index (χ2v) is 7.24. The predicted molar refractivity (Wildman–Crippen MR) is 70.0 cm³/mol. The molecule has 0 spiro atoms. The molecule has 0 radical (unpaired) electrons. The van der Waals surface area contributed by atoms with Gasteiger partial charge in [0.15, 0.2) is 11.6 Å². The number of anilines is 1. The van der Waals surface area contributed by atoms with E-state index in [1.807, 2.05) is 0 Å². The number of carbonyl (C=O) groups is 1. The summed E-state index contributed by atoms with van der Waals surface area (Å²) >= 11 is 0. The van der Waals surface area contributed by atoms with Gasteiger partial charge in [-0.05, 0) is 25.0 Å². The Morgan fingerprint density at radius 2 is 1.70 bits per heavy atom. The molecule has 1 aromatic carbocycles. The molecule has 1 aromatic rings. The first-order valence-corrected chi connectivity index (χ1v) is 8.34. The van der Waals surface area contributed by atoms with Crippen LogP contribution < -0.4 is 5.32 Å². The van der Waals surface area contributed by atoms with Gasteiger partial charge in [0.25, 0.3) is 9.05 Å². The van der Waals surface area contributed by atoms with Crippen molar-refractivity contribution < 1.29 is 22.0 Å². The fraction of sp³-hybridized carbons (Fsp3) is 0.417. The summed E-state index contributed by atoms with van der Waals surface area (Å²) in [5.74, 6) is -3.06. The molecule has 1 N–H and O–H groups in total. The van der Waals surface area contributed by atoms with Crippen LogP contribution in [0.2, 0.25) is 0 Å². The quantitative estimate of drug-likeness (QED) is 0.870. The summed E-state index contributed by atoms with van der Waals surface area (Å²) in [6.07, 6.45) is 3.19. The van der Waals surface area contributed by atoms with Gasteiger partial charge in [-0.3, -0.25) is 4.79 Å². The van der Waals surface area contributed by atoms with Crippen LogP contribution in [-0.4, -0.2) is 14.3 Å². The highest BCUT2D eigenvalue weighted by Gasteiger charge is 2.25. The third-order valence-corrected chi connectivity index (χ3v) is 4.60. The van der Waals surface area contributed by atoms with Gasteiger partial charge in [0.2, 0.25) is 5.91 Å². The molecular weight excluding hydrogens is 312 g/mol. The lowest BCUT2D eigenvalue weighted by molar-refractivity contribution is -0.119. The summed E-state index contributed by atoms with van der Waals surface area (Å²) in [7, 11) is 0.787. The zero-order chi connectivity index (χ0) is 14.9. The van der Waals surface area contributed by atoms with Crippen LogP contribution in [0.3, 0.4) is 0 Å². The Balaban J connectivity index is 2.26. The van der Waals surface area contributed by atoms with Crippen molar-refractivity contribution in [1.82, 2.24) is 0 Å². The van der Waals surface area contributed by atoms with Crippen molar-refractivity contribution in [2.24, 2.45) is 5.92 Å². The van der Waals surface area contributed by atoms with Gasteiger partial charge >= 0.3 is 0 Å². The maximum Gasteiger partial charge on any atom is 0.261 e. The van der Waals surface area contributed by atoms with E-state index in [0.29, 0.717) is 25.0 Å². The van der Waals surface area contributed by atoms with E-state index in [1.165, 1.54) is 0 Å². The molecule has 0 aliphatic heterocycles. The molecule has 1 amide bonds. The Morgan fingerprint density at radius 1 is 1.20 bits per heavy atom. The van der Waals surface area contributed by atoms with E-state index in [1.54, 1.807) is 0 Å². The van der Waals surface area contributed by atoms with Gasteiger partial charge in [-0.25, -0.2) is 17.2 Å². The lowest BCUT2D eigenvalue weighted by atomic mass is 10.1. The highest BCUT2D eigenvalue weighted by molar-refractivity contribution is 8.13. The first kappa shape index (κ1) is 15.2. The van der Waals surface area contributed by atoms with Crippen molar-refractivity contribution in [1.29, 1.82) is 0 Å². The van der Waals surface area contributed by atoms with E-state index in [-0.39, 0.29) is 5.92 Å². The minimum Gasteiger partial charge on any atom is -0.321 e. The highest BCUT2D eigenvalue weighted by atomic mass is 35.7. The van der Waals surface area contributed by atoms with E-state index in [9.17, 15) is 22.0 Å². The molecule has 1 fully saturated rings. The summed E-state index contributed by atoms with van der Waals surface area (Å²) in [5.41, 5.74) is -0.647. The number of rotatable bonds is 3. The summed E-state index contributed by atoms with van der Waals surface area (Å²) in [6.45, 7) is 0. The molecule has 8 heteroatoms. The number of halogens is 3. The Bertz CT molecular complexity index is 619. The number of hydrogen-bond acceptors (Lipinski definition) is 3. The van der Waals surface area contributed by atoms with Crippen LogP contribution in [0.25, 0.3) is 0 Å². The summed E-state index contributed by atoms with van der Waals surface area (Å²) in [4.78, 5) is 11.1. The lowest BCUT2D eigenvalue weighted by Crippen LogP contribution is -2.21. The van der Waals surface area contributed by atoms with Crippen LogP contribution in [0.4, 0.5) is 14.5 Å². The molecule has 20 heavy (non-hydrogen) atoms. The third-order valence-electron chi connectivity index (χ3n) is 3.27. The zero-order valence-electron chi connectivity index (χ0n) is 10.3. The molecule has 0 saturated heterocycles. The molecule has 1 aliphatic rings. The molecule has 0 atom stereocenters. The van der Waals surface area contributed by atoms with Crippen molar-refractivity contribution >= 4 is 31.3 Å². The Hall–Kier alpha value is -1.21. The van der Waals surface area contributed by atoms with Crippen LogP contribution in [0.1, 0.15) is 25.7 Å². The first-order chi connectivity index (χ1) is 9.29. The number of amides is 1. The van der Waals surface area contributed by atoms with Crippen LogP contribution in [0.15, 0.2) is 17.0 Å². The fourth-order valence-electron chi connectivity index (χ4n) is 2.22. The van der Waals surface area contributed by atoms with E-state index >= 15 is 0 Å². The summed E-state index contributed by atoms with van der Waals surface area (Å²) in [5, 5.41) is 2.17. The van der Waals surface area contributed by atoms with Crippen LogP contribution in [0.5, 0.6) is 0 Å². The molecule has 4 nitrogen and oxygen atoms in total. The first-order valence-electron chi connectivity index (χ1n) is 6.03. The van der Waals surface area contributed by atoms with Crippen molar-refractivity contribution in [2.45, 2.75) is 30.6 Å². The van der Waals surface area contributed by atoms with Gasteiger partial charge in [0, 0.05) is 16.6 Å². The molecule has 2 rings (SSSR count). The predicted octanol–water partition coefficient (Wildman–Crippen LogP) is 3.02.